The zero-order valence-corrected chi connectivity index (χ0v) is 12.3. The van der Waals surface area contributed by atoms with E-state index in [1.807, 2.05) is 26.8 Å². The Hall–Kier alpha value is -1.55. The van der Waals surface area contributed by atoms with Crippen LogP contribution in [0.5, 0.6) is 5.75 Å². The van der Waals surface area contributed by atoms with Gasteiger partial charge in [0, 0.05) is 0 Å². The molecule has 0 bridgehead atoms. The molecule has 4 heteroatoms. The van der Waals surface area contributed by atoms with E-state index in [9.17, 15) is 9.90 Å². The number of aryl methyl sites for hydroxylation is 1. The summed E-state index contributed by atoms with van der Waals surface area (Å²) in [5.74, 6) is -0.0215. The van der Waals surface area contributed by atoms with Gasteiger partial charge in [0.15, 0.2) is 0 Å². The minimum absolute atomic E-state index is 0.340. The second kappa shape index (κ2) is 5.61. The molecule has 0 aliphatic carbocycles. The monoisotopic (exact) mass is 265 g/mol. The van der Waals surface area contributed by atoms with Crippen LogP contribution >= 0.6 is 0 Å². The number of benzene rings is 1. The highest BCUT2D eigenvalue weighted by Crippen LogP contribution is 2.37. The third-order valence-electron chi connectivity index (χ3n) is 3.94. The number of carbonyl (C=O) groups is 1. The Morgan fingerprint density at radius 1 is 1.37 bits per heavy atom. The van der Waals surface area contributed by atoms with Crippen molar-refractivity contribution in [2.75, 3.05) is 13.7 Å². The lowest BCUT2D eigenvalue weighted by Gasteiger charge is -2.28. The standard InChI is InChI=1S/C15H23NO3/c1-9-8-12(10(2)11(3)13(9)19-5)15(4,6-7-16)14(17)18/h8H,6-7,16H2,1-5H3,(H,17,18). The van der Waals surface area contributed by atoms with Gasteiger partial charge in [0.2, 0.25) is 0 Å². The van der Waals surface area contributed by atoms with Crippen molar-refractivity contribution < 1.29 is 14.6 Å². The number of nitrogens with two attached hydrogens (primary N) is 1. The van der Waals surface area contributed by atoms with Crippen LogP contribution in [0.25, 0.3) is 0 Å². The van der Waals surface area contributed by atoms with Gasteiger partial charge < -0.3 is 15.6 Å². The van der Waals surface area contributed by atoms with Crippen LogP contribution in [-0.2, 0) is 10.2 Å². The lowest BCUT2D eigenvalue weighted by molar-refractivity contribution is -0.143. The molecule has 0 spiro atoms. The Morgan fingerprint density at radius 3 is 2.37 bits per heavy atom. The minimum Gasteiger partial charge on any atom is -0.496 e. The summed E-state index contributed by atoms with van der Waals surface area (Å²) in [5, 5.41) is 9.56. The molecule has 0 saturated heterocycles. The molecule has 0 fully saturated rings. The third kappa shape index (κ3) is 2.59. The molecule has 0 amide bonds. The molecule has 19 heavy (non-hydrogen) atoms. The van der Waals surface area contributed by atoms with Crippen molar-refractivity contribution in [3.63, 3.8) is 0 Å². The van der Waals surface area contributed by atoms with Crippen LogP contribution in [0.15, 0.2) is 6.07 Å². The number of methoxy groups -OCH3 is 1. The Bertz CT molecular complexity index is 497. The second-order valence-electron chi connectivity index (χ2n) is 5.20. The van der Waals surface area contributed by atoms with Crippen molar-refractivity contribution in [3.8, 4) is 5.75 Å². The molecule has 0 saturated carbocycles. The van der Waals surface area contributed by atoms with Gasteiger partial charge in [-0.2, -0.15) is 0 Å². The summed E-state index contributed by atoms with van der Waals surface area (Å²) in [6.45, 7) is 7.89. The van der Waals surface area contributed by atoms with Gasteiger partial charge in [-0.25, -0.2) is 0 Å². The van der Waals surface area contributed by atoms with Gasteiger partial charge in [-0.3, -0.25) is 4.79 Å². The van der Waals surface area contributed by atoms with Crippen LogP contribution in [0.1, 0.15) is 35.6 Å². The number of carboxylic acid groups (broad SMARTS) is 1. The molecule has 3 N–H and O–H groups in total. The third-order valence-corrected chi connectivity index (χ3v) is 3.94. The van der Waals surface area contributed by atoms with Gasteiger partial charge in [0.05, 0.1) is 12.5 Å². The summed E-state index contributed by atoms with van der Waals surface area (Å²) in [4.78, 5) is 11.7. The van der Waals surface area contributed by atoms with E-state index in [0.29, 0.717) is 13.0 Å². The number of ether oxygens (including phenoxy) is 1. The molecule has 0 radical (unpaired) electrons. The van der Waals surface area contributed by atoms with Crippen LogP contribution in [-0.4, -0.2) is 24.7 Å². The summed E-state index contributed by atoms with van der Waals surface area (Å²) in [5.41, 5.74) is 8.34. The second-order valence-corrected chi connectivity index (χ2v) is 5.20. The van der Waals surface area contributed by atoms with Crippen molar-refractivity contribution in [1.82, 2.24) is 0 Å². The predicted octanol–water partition coefficient (Wildman–Crippen LogP) is 2.31. The zero-order chi connectivity index (χ0) is 14.8. The fraction of sp³-hybridized carbons (Fsp3) is 0.533. The van der Waals surface area contributed by atoms with Crippen molar-refractivity contribution in [2.45, 2.75) is 39.5 Å². The van der Waals surface area contributed by atoms with E-state index in [4.69, 9.17) is 10.5 Å². The van der Waals surface area contributed by atoms with Gasteiger partial charge in [-0.05, 0) is 62.9 Å². The molecule has 0 aromatic heterocycles. The number of hydrogen-bond acceptors (Lipinski definition) is 3. The first-order valence-electron chi connectivity index (χ1n) is 6.38. The first kappa shape index (κ1) is 15.5. The zero-order valence-electron chi connectivity index (χ0n) is 12.3. The lowest BCUT2D eigenvalue weighted by atomic mass is 9.76. The van der Waals surface area contributed by atoms with Gasteiger partial charge in [-0.1, -0.05) is 6.07 Å². The highest BCUT2D eigenvalue weighted by molar-refractivity contribution is 5.82. The van der Waals surface area contributed by atoms with Gasteiger partial charge in [0.1, 0.15) is 5.75 Å². The van der Waals surface area contributed by atoms with Crippen LogP contribution in [0.2, 0.25) is 0 Å². The van der Waals surface area contributed by atoms with Crippen molar-refractivity contribution in [1.29, 1.82) is 0 Å². The summed E-state index contributed by atoms with van der Waals surface area (Å²) in [6, 6.07) is 1.91. The maximum Gasteiger partial charge on any atom is 0.313 e. The molecule has 0 heterocycles. The van der Waals surface area contributed by atoms with E-state index in [1.165, 1.54) is 0 Å². The summed E-state index contributed by atoms with van der Waals surface area (Å²) < 4.78 is 5.37. The fourth-order valence-corrected chi connectivity index (χ4v) is 2.59. The molecular weight excluding hydrogens is 242 g/mol. The Labute approximate surface area is 114 Å². The number of carboxylic acids is 1. The Kier molecular flexibility index (Phi) is 4.58. The van der Waals surface area contributed by atoms with Gasteiger partial charge in [-0.15, -0.1) is 0 Å². The summed E-state index contributed by atoms with van der Waals surface area (Å²) in [6.07, 6.45) is 0.411. The minimum atomic E-state index is -0.958. The smallest absolute Gasteiger partial charge is 0.313 e. The highest BCUT2D eigenvalue weighted by Gasteiger charge is 2.36. The average Bonchev–Trinajstić information content (AvgIpc) is 2.34. The van der Waals surface area contributed by atoms with E-state index in [0.717, 1.165) is 28.0 Å². The SMILES string of the molecule is COc1c(C)cc(C(C)(CCN)C(=O)O)c(C)c1C. The van der Waals surface area contributed by atoms with E-state index >= 15 is 0 Å². The Balaban J connectivity index is 3.54. The molecule has 1 rings (SSSR count). The molecule has 1 atom stereocenters. The molecule has 0 aliphatic heterocycles. The van der Waals surface area contributed by atoms with Crippen LogP contribution in [0.4, 0.5) is 0 Å². The van der Waals surface area contributed by atoms with Crippen LogP contribution in [0.3, 0.4) is 0 Å². The van der Waals surface area contributed by atoms with Crippen molar-refractivity contribution >= 4 is 5.97 Å². The van der Waals surface area contributed by atoms with Gasteiger partial charge >= 0.3 is 5.97 Å². The van der Waals surface area contributed by atoms with Crippen molar-refractivity contribution in [2.24, 2.45) is 5.73 Å². The van der Waals surface area contributed by atoms with E-state index < -0.39 is 11.4 Å². The number of rotatable bonds is 5. The topological polar surface area (TPSA) is 72.5 Å². The molecule has 106 valence electrons. The predicted molar refractivity (Wildman–Crippen MR) is 75.9 cm³/mol. The normalized spacial score (nSPS) is 14.0. The van der Waals surface area contributed by atoms with E-state index in [1.54, 1.807) is 14.0 Å². The number of hydrogen-bond donors (Lipinski definition) is 2. The molecule has 1 aromatic carbocycles. The van der Waals surface area contributed by atoms with Crippen LogP contribution in [0, 0.1) is 20.8 Å². The van der Waals surface area contributed by atoms with Gasteiger partial charge in [0.25, 0.3) is 0 Å². The lowest BCUT2D eigenvalue weighted by Crippen LogP contribution is -2.35. The maximum atomic E-state index is 11.7. The maximum absolute atomic E-state index is 11.7. The van der Waals surface area contributed by atoms with Crippen LogP contribution < -0.4 is 10.5 Å². The molecule has 1 aromatic rings. The molecular formula is C15H23NO3. The van der Waals surface area contributed by atoms with Crippen molar-refractivity contribution in [3.05, 3.63) is 28.3 Å². The summed E-state index contributed by atoms with van der Waals surface area (Å²) in [7, 11) is 1.63. The number of aliphatic carboxylic acids is 1. The first-order valence-corrected chi connectivity index (χ1v) is 6.38. The Morgan fingerprint density at radius 2 is 1.95 bits per heavy atom. The average molecular weight is 265 g/mol. The fourth-order valence-electron chi connectivity index (χ4n) is 2.59. The summed E-state index contributed by atoms with van der Waals surface area (Å²) >= 11 is 0. The highest BCUT2D eigenvalue weighted by atomic mass is 16.5. The van der Waals surface area contributed by atoms with E-state index in [-0.39, 0.29) is 0 Å². The van der Waals surface area contributed by atoms with E-state index in [2.05, 4.69) is 0 Å². The quantitative estimate of drug-likeness (QED) is 0.857. The first-order chi connectivity index (χ1) is 8.79. The molecule has 0 aliphatic rings. The molecule has 4 nitrogen and oxygen atoms in total. The largest absolute Gasteiger partial charge is 0.496 e. The molecule has 1 unspecified atom stereocenters.